The minimum Gasteiger partial charge on any atom is -0.379 e. The van der Waals surface area contributed by atoms with E-state index in [0.29, 0.717) is 18.1 Å². The number of nitrogens with zero attached hydrogens (tertiary/aromatic N) is 1. The zero-order valence-electron chi connectivity index (χ0n) is 13.4. The van der Waals surface area contributed by atoms with Crippen LogP contribution in [0, 0.1) is 0 Å². The lowest BCUT2D eigenvalue weighted by Gasteiger charge is -2.26. The van der Waals surface area contributed by atoms with Crippen molar-refractivity contribution in [3.05, 3.63) is 35.4 Å². The van der Waals surface area contributed by atoms with E-state index in [1.54, 1.807) is 0 Å². The normalized spacial score (nSPS) is 16.0. The van der Waals surface area contributed by atoms with Crippen molar-refractivity contribution >= 4 is 17.3 Å². The van der Waals surface area contributed by atoms with Gasteiger partial charge in [0.15, 0.2) is 5.11 Å². The van der Waals surface area contributed by atoms with Crippen LogP contribution in [0.3, 0.4) is 0 Å². The average molecular weight is 361 g/mol. The number of alkyl halides is 3. The number of thiocarbonyl (C=S) groups is 1. The van der Waals surface area contributed by atoms with Gasteiger partial charge in [0.2, 0.25) is 0 Å². The number of ether oxygens (including phenoxy) is 1. The Morgan fingerprint density at radius 1 is 1.08 bits per heavy atom. The molecular weight excluding hydrogens is 339 g/mol. The molecule has 1 heterocycles. The largest absolute Gasteiger partial charge is 0.416 e. The van der Waals surface area contributed by atoms with Crippen molar-refractivity contribution < 1.29 is 17.9 Å². The van der Waals surface area contributed by atoms with E-state index in [2.05, 4.69) is 15.5 Å². The molecule has 0 atom stereocenters. The number of benzene rings is 1. The van der Waals surface area contributed by atoms with Gasteiger partial charge in [-0.2, -0.15) is 13.2 Å². The summed E-state index contributed by atoms with van der Waals surface area (Å²) in [6, 6.07) is 5.21. The zero-order valence-corrected chi connectivity index (χ0v) is 14.2. The summed E-state index contributed by atoms with van der Waals surface area (Å²) in [6.07, 6.45) is -3.67. The first kappa shape index (κ1) is 19.0. The van der Waals surface area contributed by atoms with Gasteiger partial charge in [-0.05, 0) is 36.3 Å². The number of halogens is 3. The van der Waals surface area contributed by atoms with Gasteiger partial charge in [0.1, 0.15) is 0 Å². The highest BCUT2D eigenvalue weighted by atomic mass is 32.1. The molecule has 0 radical (unpaired) electrons. The Morgan fingerprint density at radius 2 is 1.71 bits per heavy atom. The van der Waals surface area contributed by atoms with Crippen LogP contribution in [0.25, 0.3) is 0 Å². The first-order valence-corrected chi connectivity index (χ1v) is 8.34. The van der Waals surface area contributed by atoms with E-state index in [1.165, 1.54) is 12.1 Å². The summed E-state index contributed by atoms with van der Waals surface area (Å²) >= 11 is 5.19. The second-order valence-corrected chi connectivity index (χ2v) is 5.99. The molecule has 0 amide bonds. The predicted octanol–water partition coefficient (Wildman–Crippen LogP) is 2.04. The van der Waals surface area contributed by atoms with Crippen molar-refractivity contribution in [2.24, 2.45) is 0 Å². The lowest BCUT2D eigenvalue weighted by atomic mass is 10.1. The van der Waals surface area contributed by atoms with E-state index >= 15 is 0 Å². The smallest absolute Gasteiger partial charge is 0.379 e. The molecule has 0 spiro atoms. The summed E-state index contributed by atoms with van der Waals surface area (Å²) < 4.78 is 42.7. The Kier molecular flexibility index (Phi) is 7.26. The number of hydrogen-bond donors (Lipinski definition) is 2. The molecule has 1 aliphatic heterocycles. The van der Waals surface area contributed by atoms with Crippen LogP contribution in [0.5, 0.6) is 0 Å². The molecule has 1 aliphatic rings. The van der Waals surface area contributed by atoms with Gasteiger partial charge in [0, 0.05) is 32.7 Å². The molecule has 0 aliphatic carbocycles. The quantitative estimate of drug-likeness (QED) is 0.759. The molecule has 1 aromatic carbocycles. The van der Waals surface area contributed by atoms with Gasteiger partial charge in [0.25, 0.3) is 0 Å². The maximum absolute atomic E-state index is 12.5. The highest BCUT2D eigenvalue weighted by Gasteiger charge is 2.29. The number of morpholine rings is 1. The van der Waals surface area contributed by atoms with Gasteiger partial charge in [-0.15, -0.1) is 0 Å². The average Bonchev–Trinajstić information content (AvgIpc) is 2.55. The molecule has 0 bridgehead atoms. The van der Waals surface area contributed by atoms with E-state index in [9.17, 15) is 13.2 Å². The summed E-state index contributed by atoms with van der Waals surface area (Å²) in [4.78, 5) is 2.31. The predicted molar refractivity (Wildman–Crippen MR) is 91.0 cm³/mol. The molecule has 1 fully saturated rings. The summed E-state index contributed by atoms with van der Waals surface area (Å²) in [7, 11) is 0. The number of nitrogens with one attached hydrogen (secondary N) is 2. The second kappa shape index (κ2) is 9.19. The fourth-order valence-corrected chi connectivity index (χ4v) is 2.60. The molecule has 24 heavy (non-hydrogen) atoms. The highest BCUT2D eigenvalue weighted by molar-refractivity contribution is 7.80. The zero-order chi connectivity index (χ0) is 17.4. The van der Waals surface area contributed by atoms with Crippen LogP contribution < -0.4 is 10.6 Å². The molecule has 0 unspecified atom stereocenters. The molecule has 0 saturated carbocycles. The van der Waals surface area contributed by atoms with Crippen LogP contribution in [0.4, 0.5) is 13.2 Å². The van der Waals surface area contributed by atoms with E-state index in [1.807, 2.05) is 0 Å². The molecule has 8 heteroatoms. The Balaban J connectivity index is 1.60. The third kappa shape index (κ3) is 6.62. The summed E-state index contributed by atoms with van der Waals surface area (Å²) in [6.45, 7) is 5.67. The maximum Gasteiger partial charge on any atom is 0.416 e. The minimum atomic E-state index is -4.29. The summed E-state index contributed by atoms with van der Waals surface area (Å²) in [5.74, 6) is 0. The van der Waals surface area contributed by atoms with Gasteiger partial charge >= 0.3 is 6.18 Å². The summed E-state index contributed by atoms with van der Waals surface area (Å²) in [5.41, 5.74) is 0.214. The Bertz CT molecular complexity index is 516. The van der Waals surface area contributed by atoms with Gasteiger partial charge < -0.3 is 15.4 Å². The van der Waals surface area contributed by atoms with Crippen molar-refractivity contribution in [2.75, 3.05) is 45.9 Å². The van der Waals surface area contributed by atoms with Gasteiger partial charge in [0.05, 0.1) is 18.8 Å². The molecule has 134 valence electrons. The Hall–Kier alpha value is -1.38. The topological polar surface area (TPSA) is 36.5 Å². The van der Waals surface area contributed by atoms with Gasteiger partial charge in [-0.1, -0.05) is 12.1 Å². The standard InChI is InChI=1S/C16H22F3N3OS/c17-16(18,19)14-3-1-13(2-4-14)5-6-20-15(24)21-7-8-22-9-11-23-12-10-22/h1-4H,5-12H2,(H2,20,21,24). The van der Waals surface area contributed by atoms with Crippen molar-refractivity contribution in [1.29, 1.82) is 0 Å². The minimum absolute atomic E-state index is 0.565. The Labute approximate surface area is 145 Å². The number of rotatable bonds is 6. The van der Waals surface area contributed by atoms with Crippen LogP contribution in [-0.2, 0) is 17.3 Å². The van der Waals surface area contributed by atoms with Crippen molar-refractivity contribution in [3.63, 3.8) is 0 Å². The maximum atomic E-state index is 12.5. The Morgan fingerprint density at radius 3 is 2.33 bits per heavy atom. The van der Waals surface area contributed by atoms with Crippen LogP contribution in [-0.4, -0.2) is 55.9 Å². The molecule has 2 N–H and O–H groups in total. The van der Waals surface area contributed by atoms with Gasteiger partial charge in [-0.3, -0.25) is 4.90 Å². The van der Waals surface area contributed by atoms with E-state index in [0.717, 1.165) is 57.1 Å². The molecule has 0 aromatic heterocycles. The van der Waals surface area contributed by atoms with Crippen molar-refractivity contribution in [2.45, 2.75) is 12.6 Å². The molecular formula is C16H22F3N3OS. The van der Waals surface area contributed by atoms with E-state index < -0.39 is 11.7 Å². The van der Waals surface area contributed by atoms with Crippen LogP contribution in [0.1, 0.15) is 11.1 Å². The SMILES string of the molecule is FC(F)(F)c1ccc(CCNC(=S)NCCN2CCOCC2)cc1. The van der Waals surface area contributed by atoms with Crippen LogP contribution >= 0.6 is 12.2 Å². The first-order valence-electron chi connectivity index (χ1n) is 7.93. The summed E-state index contributed by atoms with van der Waals surface area (Å²) in [5, 5.41) is 6.77. The monoisotopic (exact) mass is 361 g/mol. The van der Waals surface area contributed by atoms with Gasteiger partial charge in [-0.25, -0.2) is 0 Å². The fraction of sp³-hybridized carbons (Fsp3) is 0.562. The fourth-order valence-electron chi connectivity index (χ4n) is 2.40. The van der Waals surface area contributed by atoms with Crippen molar-refractivity contribution in [1.82, 2.24) is 15.5 Å². The molecule has 1 aromatic rings. The highest BCUT2D eigenvalue weighted by Crippen LogP contribution is 2.29. The van der Waals surface area contributed by atoms with Crippen LogP contribution in [0.15, 0.2) is 24.3 Å². The third-order valence-corrected chi connectivity index (χ3v) is 4.09. The lowest BCUT2D eigenvalue weighted by Crippen LogP contribution is -2.43. The van der Waals surface area contributed by atoms with E-state index in [-0.39, 0.29) is 0 Å². The van der Waals surface area contributed by atoms with E-state index in [4.69, 9.17) is 17.0 Å². The number of hydrogen-bond acceptors (Lipinski definition) is 3. The van der Waals surface area contributed by atoms with Crippen molar-refractivity contribution in [3.8, 4) is 0 Å². The lowest BCUT2D eigenvalue weighted by molar-refractivity contribution is -0.137. The molecule has 4 nitrogen and oxygen atoms in total. The molecule has 1 saturated heterocycles. The third-order valence-electron chi connectivity index (χ3n) is 3.80. The first-order chi connectivity index (χ1) is 11.4. The van der Waals surface area contributed by atoms with Crippen LogP contribution in [0.2, 0.25) is 0 Å². The second-order valence-electron chi connectivity index (χ2n) is 5.58. The molecule has 2 rings (SSSR count).